The average molecular weight is 301 g/mol. The van der Waals surface area contributed by atoms with Crippen molar-refractivity contribution in [1.82, 2.24) is 5.32 Å². The minimum absolute atomic E-state index is 0.483. The summed E-state index contributed by atoms with van der Waals surface area (Å²) >= 11 is 0. The highest BCUT2D eigenvalue weighted by Gasteiger charge is 1.93. The summed E-state index contributed by atoms with van der Waals surface area (Å²) in [5.74, 6) is 5.86. The van der Waals surface area contributed by atoms with E-state index in [1.807, 2.05) is 6.92 Å². The maximum atomic E-state index is 5.41. The fraction of sp³-hybridized carbons (Fsp3) is 0.875. The van der Waals surface area contributed by atoms with Crippen LogP contribution in [0.5, 0.6) is 0 Å². The van der Waals surface area contributed by atoms with Crippen LogP contribution < -0.4 is 5.32 Å². The molecule has 5 nitrogen and oxygen atoms in total. The fourth-order valence-corrected chi connectivity index (χ4v) is 1.38. The topological polar surface area (TPSA) is 49.0 Å². The second-order valence-electron chi connectivity index (χ2n) is 4.71. The zero-order valence-corrected chi connectivity index (χ0v) is 13.8. The molecule has 0 fully saturated rings. The summed E-state index contributed by atoms with van der Waals surface area (Å²) in [6.07, 6.45) is 0.870. The van der Waals surface area contributed by atoms with Crippen LogP contribution in [0.1, 0.15) is 27.2 Å². The molecule has 0 unspecified atom stereocenters. The standard InChI is InChI=1S/C16H31NO4/c1-4-5-6-8-18-10-12-20-14-15-21-13-11-19-9-7-17-16(2)3/h16-17H,4,7-15H2,1-3H3. The summed E-state index contributed by atoms with van der Waals surface area (Å²) in [4.78, 5) is 0. The normalized spacial score (nSPS) is 10.7. The largest absolute Gasteiger partial charge is 0.378 e. The molecule has 0 rings (SSSR count). The molecule has 124 valence electrons. The van der Waals surface area contributed by atoms with Crippen molar-refractivity contribution < 1.29 is 18.9 Å². The first-order chi connectivity index (χ1) is 10.3. The molecule has 0 aliphatic heterocycles. The molecule has 0 amide bonds. The highest BCUT2D eigenvalue weighted by atomic mass is 16.6. The molecule has 0 aromatic heterocycles. The Labute approximate surface area is 129 Å². The van der Waals surface area contributed by atoms with E-state index in [2.05, 4.69) is 31.0 Å². The van der Waals surface area contributed by atoms with Crippen molar-refractivity contribution in [2.75, 3.05) is 59.4 Å². The lowest BCUT2D eigenvalue weighted by Gasteiger charge is -2.09. The summed E-state index contributed by atoms with van der Waals surface area (Å²) in [6.45, 7) is 11.9. The van der Waals surface area contributed by atoms with Crippen LogP contribution in [-0.4, -0.2) is 65.4 Å². The van der Waals surface area contributed by atoms with Gasteiger partial charge in [0.05, 0.1) is 46.2 Å². The van der Waals surface area contributed by atoms with E-state index >= 15 is 0 Å². The van der Waals surface area contributed by atoms with E-state index in [0.717, 1.165) is 19.6 Å². The fourth-order valence-electron chi connectivity index (χ4n) is 1.38. The van der Waals surface area contributed by atoms with E-state index in [-0.39, 0.29) is 0 Å². The third-order valence-corrected chi connectivity index (χ3v) is 2.39. The Bertz CT molecular complexity index is 261. The Kier molecular flexibility index (Phi) is 16.9. The summed E-state index contributed by atoms with van der Waals surface area (Å²) in [7, 11) is 0. The first-order valence-corrected chi connectivity index (χ1v) is 7.77. The van der Waals surface area contributed by atoms with Crippen molar-refractivity contribution in [3.05, 3.63) is 0 Å². The molecular weight excluding hydrogens is 270 g/mol. The van der Waals surface area contributed by atoms with Crippen molar-refractivity contribution in [2.45, 2.75) is 33.2 Å². The van der Waals surface area contributed by atoms with Crippen LogP contribution in [0.2, 0.25) is 0 Å². The number of rotatable bonds is 14. The molecule has 0 atom stereocenters. The third kappa shape index (κ3) is 19.4. The lowest BCUT2D eigenvalue weighted by molar-refractivity contribution is 0.00160. The van der Waals surface area contributed by atoms with Gasteiger partial charge in [-0.3, -0.25) is 0 Å². The molecule has 0 aromatic carbocycles. The van der Waals surface area contributed by atoms with Crippen molar-refractivity contribution in [3.8, 4) is 11.8 Å². The predicted octanol–water partition coefficient (Wildman–Crippen LogP) is 1.46. The van der Waals surface area contributed by atoms with E-state index in [1.54, 1.807) is 0 Å². The number of hydrogen-bond donors (Lipinski definition) is 1. The van der Waals surface area contributed by atoms with E-state index in [9.17, 15) is 0 Å². The van der Waals surface area contributed by atoms with E-state index in [0.29, 0.717) is 52.3 Å². The first kappa shape index (κ1) is 20.4. The molecule has 1 N–H and O–H groups in total. The van der Waals surface area contributed by atoms with Crippen LogP contribution in [0.15, 0.2) is 0 Å². The number of ether oxygens (including phenoxy) is 4. The Morgan fingerprint density at radius 1 is 0.762 bits per heavy atom. The zero-order valence-electron chi connectivity index (χ0n) is 13.8. The van der Waals surface area contributed by atoms with Crippen LogP contribution in [-0.2, 0) is 18.9 Å². The smallest absolute Gasteiger partial charge is 0.107 e. The zero-order chi connectivity index (χ0) is 15.6. The third-order valence-electron chi connectivity index (χ3n) is 2.39. The first-order valence-electron chi connectivity index (χ1n) is 7.77. The SMILES string of the molecule is CCC#CCOCCOCCOCCOCCNC(C)C. The van der Waals surface area contributed by atoms with Gasteiger partial charge in [-0.05, 0) is 0 Å². The van der Waals surface area contributed by atoms with Gasteiger partial charge in [-0.1, -0.05) is 26.7 Å². The molecular formula is C16H31NO4. The Morgan fingerprint density at radius 2 is 1.29 bits per heavy atom. The van der Waals surface area contributed by atoms with Gasteiger partial charge in [0.25, 0.3) is 0 Å². The summed E-state index contributed by atoms with van der Waals surface area (Å²) in [5.41, 5.74) is 0. The van der Waals surface area contributed by atoms with E-state index in [1.165, 1.54) is 0 Å². The molecule has 0 radical (unpaired) electrons. The average Bonchev–Trinajstić information content (AvgIpc) is 2.46. The van der Waals surface area contributed by atoms with Gasteiger partial charge < -0.3 is 24.3 Å². The molecule has 5 heteroatoms. The highest BCUT2D eigenvalue weighted by Crippen LogP contribution is 1.83. The lowest BCUT2D eigenvalue weighted by atomic mass is 10.4. The number of nitrogens with one attached hydrogen (secondary N) is 1. The van der Waals surface area contributed by atoms with Gasteiger partial charge in [-0.2, -0.15) is 0 Å². The van der Waals surface area contributed by atoms with Crippen LogP contribution in [0.4, 0.5) is 0 Å². The second-order valence-corrected chi connectivity index (χ2v) is 4.71. The van der Waals surface area contributed by atoms with Gasteiger partial charge >= 0.3 is 0 Å². The van der Waals surface area contributed by atoms with Gasteiger partial charge in [0.15, 0.2) is 0 Å². The summed E-state index contributed by atoms with van der Waals surface area (Å²) in [5, 5.41) is 3.29. The Morgan fingerprint density at radius 3 is 1.81 bits per heavy atom. The quantitative estimate of drug-likeness (QED) is 0.389. The predicted molar refractivity (Wildman–Crippen MR) is 84.5 cm³/mol. The summed E-state index contributed by atoms with van der Waals surface area (Å²) in [6, 6.07) is 0.504. The molecule has 0 aromatic rings. The van der Waals surface area contributed by atoms with Crippen molar-refractivity contribution >= 4 is 0 Å². The van der Waals surface area contributed by atoms with Crippen LogP contribution >= 0.6 is 0 Å². The Hall–Kier alpha value is -0.640. The van der Waals surface area contributed by atoms with Gasteiger partial charge in [0.1, 0.15) is 6.61 Å². The van der Waals surface area contributed by atoms with E-state index in [4.69, 9.17) is 18.9 Å². The van der Waals surface area contributed by atoms with Gasteiger partial charge in [0.2, 0.25) is 0 Å². The van der Waals surface area contributed by atoms with Gasteiger partial charge in [-0.15, -0.1) is 5.92 Å². The molecule has 0 bridgehead atoms. The van der Waals surface area contributed by atoms with Crippen LogP contribution in [0.3, 0.4) is 0 Å². The maximum Gasteiger partial charge on any atom is 0.107 e. The monoisotopic (exact) mass is 301 g/mol. The Balaban J connectivity index is 2.99. The van der Waals surface area contributed by atoms with Crippen molar-refractivity contribution in [2.24, 2.45) is 0 Å². The minimum atomic E-state index is 0.483. The maximum absolute atomic E-state index is 5.41. The molecule has 0 saturated heterocycles. The molecule has 21 heavy (non-hydrogen) atoms. The van der Waals surface area contributed by atoms with Crippen LogP contribution in [0.25, 0.3) is 0 Å². The second kappa shape index (κ2) is 17.4. The number of hydrogen-bond acceptors (Lipinski definition) is 5. The molecule has 0 spiro atoms. The highest BCUT2D eigenvalue weighted by molar-refractivity contribution is 4.97. The molecule has 0 saturated carbocycles. The molecule has 0 heterocycles. The minimum Gasteiger partial charge on any atom is -0.378 e. The summed E-state index contributed by atoms with van der Waals surface area (Å²) < 4.78 is 21.4. The molecule has 0 aliphatic rings. The van der Waals surface area contributed by atoms with Gasteiger partial charge in [-0.25, -0.2) is 0 Å². The van der Waals surface area contributed by atoms with Crippen molar-refractivity contribution in [3.63, 3.8) is 0 Å². The van der Waals surface area contributed by atoms with Crippen molar-refractivity contribution in [1.29, 1.82) is 0 Å². The molecule has 0 aliphatic carbocycles. The van der Waals surface area contributed by atoms with E-state index < -0.39 is 0 Å². The lowest BCUT2D eigenvalue weighted by Crippen LogP contribution is -2.27. The van der Waals surface area contributed by atoms with Crippen LogP contribution in [0, 0.1) is 11.8 Å². The van der Waals surface area contributed by atoms with Gasteiger partial charge in [0, 0.05) is 19.0 Å².